The molecular weight excluding hydrogens is 278 g/mol. The van der Waals surface area contributed by atoms with Gasteiger partial charge in [0, 0.05) is 17.7 Å². The Labute approximate surface area is 119 Å². The molecule has 0 bridgehead atoms. The minimum atomic E-state index is -0.956. The summed E-state index contributed by atoms with van der Waals surface area (Å²) in [6.45, 7) is 1.96. The largest absolute Gasteiger partial charge is 0.595 e. The molecule has 1 aliphatic rings. The summed E-state index contributed by atoms with van der Waals surface area (Å²) in [6, 6.07) is 6.66. The van der Waals surface area contributed by atoms with Crippen molar-refractivity contribution in [3.05, 3.63) is 41.6 Å². The number of rotatable bonds is 3. The van der Waals surface area contributed by atoms with Gasteiger partial charge in [0.25, 0.3) is 0 Å². The van der Waals surface area contributed by atoms with Crippen LogP contribution in [-0.4, -0.2) is 25.5 Å². The molecule has 0 radical (unpaired) electrons. The van der Waals surface area contributed by atoms with Crippen LogP contribution in [0.3, 0.4) is 0 Å². The van der Waals surface area contributed by atoms with Gasteiger partial charge in [-0.1, -0.05) is 36.0 Å². The second kappa shape index (κ2) is 5.25. The first-order chi connectivity index (χ1) is 9.69. The van der Waals surface area contributed by atoms with Gasteiger partial charge in [0.05, 0.1) is 0 Å². The van der Waals surface area contributed by atoms with Gasteiger partial charge < -0.3 is 10.6 Å². The monoisotopic (exact) mass is 291 g/mol. The molecule has 2 atom stereocenters. The van der Waals surface area contributed by atoms with Crippen molar-refractivity contribution in [2.24, 2.45) is 0 Å². The van der Waals surface area contributed by atoms with Crippen LogP contribution < -0.4 is 10.7 Å². The molecular formula is C12H13N5O2S. The zero-order chi connectivity index (χ0) is 14.1. The maximum Gasteiger partial charge on any atom is 0.212 e. The summed E-state index contributed by atoms with van der Waals surface area (Å²) in [6.07, 6.45) is 3.99. The van der Waals surface area contributed by atoms with Gasteiger partial charge in [-0.3, -0.25) is 0 Å². The molecule has 104 valence electrons. The Morgan fingerprint density at radius 1 is 1.50 bits per heavy atom. The first kappa shape index (κ1) is 13.1. The van der Waals surface area contributed by atoms with E-state index in [4.69, 9.17) is 5.21 Å². The second-order valence-corrected chi connectivity index (χ2v) is 5.33. The number of hydrogen-bond acceptors (Lipinski definition) is 6. The van der Waals surface area contributed by atoms with Crippen molar-refractivity contribution in [3.63, 3.8) is 0 Å². The Hall–Kier alpha value is -1.87. The molecule has 3 N–H and O–H groups in total. The van der Waals surface area contributed by atoms with E-state index < -0.39 is 5.23 Å². The summed E-state index contributed by atoms with van der Waals surface area (Å²) in [4.78, 5) is 0. The van der Waals surface area contributed by atoms with E-state index in [-0.39, 0.29) is 11.1 Å². The fourth-order valence-electron chi connectivity index (χ4n) is 1.97. The highest BCUT2D eigenvalue weighted by molar-refractivity contribution is 8.00. The highest BCUT2D eigenvalue weighted by Gasteiger charge is 2.25. The third kappa shape index (κ3) is 2.29. The number of allylic oxidation sites excluding steroid dienone is 1. The van der Waals surface area contributed by atoms with Crippen molar-refractivity contribution in [1.29, 1.82) is 0 Å². The Kier molecular flexibility index (Phi) is 3.45. The number of fused-ring (bicyclic) bond motifs is 1. The van der Waals surface area contributed by atoms with Crippen LogP contribution in [0.25, 0.3) is 11.4 Å². The third-order valence-corrected chi connectivity index (χ3v) is 3.85. The van der Waals surface area contributed by atoms with Gasteiger partial charge in [-0.25, -0.2) is 9.88 Å². The van der Waals surface area contributed by atoms with Crippen molar-refractivity contribution < 1.29 is 10.4 Å². The quantitative estimate of drug-likeness (QED) is 0.575. The second-order valence-electron chi connectivity index (χ2n) is 4.22. The molecule has 0 aliphatic carbocycles. The van der Waals surface area contributed by atoms with Crippen LogP contribution >= 0.6 is 11.8 Å². The van der Waals surface area contributed by atoms with Crippen LogP contribution in [0.2, 0.25) is 0 Å². The van der Waals surface area contributed by atoms with Crippen LogP contribution in [0.1, 0.15) is 6.92 Å². The average molecular weight is 291 g/mol. The molecule has 8 heteroatoms. The highest BCUT2D eigenvalue weighted by Crippen LogP contribution is 2.31. The smallest absolute Gasteiger partial charge is 0.212 e. The molecule has 0 amide bonds. The maximum atomic E-state index is 11.0. The van der Waals surface area contributed by atoms with Crippen LogP contribution in [0.15, 0.2) is 41.6 Å². The zero-order valence-electron chi connectivity index (χ0n) is 10.6. The topological polar surface area (TPSA) is 90.5 Å². The predicted octanol–water partition coefficient (Wildman–Crippen LogP) is 0.900. The van der Waals surface area contributed by atoms with Gasteiger partial charge in [0.1, 0.15) is 5.37 Å². The molecule has 1 unspecified atom stereocenters. The molecule has 0 saturated heterocycles. The van der Waals surface area contributed by atoms with E-state index in [1.165, 1.54) is 0 Å². The van der Waals surface area contributed by atoms with Crippen molar-refractivity contribution in [3.8, 4) is 11.4 Å². The summed E-state index contributed by atoms with van der Waals surface area (Å²) in [5.74, 6) is 0.614. The Bertz CT molecular complexity index is 655. The zero-order valence-corrected chi connectivity index (χ0v) is 11.5. The molecule has 2 heterocycles. The van der Waals surface area contributed by atoms with Gasteiger partial charge >= 0.3 is 0 Å². The summed E-state index contributed by atoms with van der Waals surface area (Å²) in [7, 11) is 0. The number of nitrogens with zero attached hydrogens (tertiary/aromatic N) is 3. The number of nitrogens with one attached hydrogen (secondary N) is 2. The van der Waals surface area contributed by atoms with Crippen molar-refractivity contribution in [2.75, 3.05) is 5.43 Å². The fraction of sp³-hybridized carbons (Fsp3) is 0.167. The summed E-state index contributed by atoms with van der Waals surface area (Å²) >= 11 is 1.56. The summed E-state index contributed by atoms with van der Waals surface area (Å²) in [5.41, 5.74) is 4.20. The van der Waals surface area contributed by atoms with Crippen LogP contribution in [0.5, 0.6) is 0 Å². The van der Waals surface area contributed by atoms with Gasteiger partial charge in [-0.2, -0.15) is 5.23 Å². The molecule has 0 spiro atoms. The molecule has 20 heavy (non-hydrogen) atoms. The van der Waals surface area contributed by atoms with E-state index in [0.717, 1.165) is 10.7 Å². The molecule has 3 rings (SSSR count). The average Bonchev–Trinajstić information content (AvgIpc) is 2.99. The molecule has 1 aromatic heterocycles. The lowest BCUT2D eigenvalue weighted by molar-refractivity contribution is -0.991. The van der Waals surface area contributed by atoms with Gasteiger partial charge in [-0.05, 0) is 6.92 Å². The SMILES string of the molecule is CC=C[C@@H]1Nn2c(nnc2-c2cccc([NH+]([O-])O)c2)S1. The van der Waals surface area contributed by atoms with Gasteiger partial charge in [0.2, 0.25) is 5.16 Å². The van der Waals surface area contributed by atoms with Gasteiger partial charge in [-0.15, -0.1) is 10.2 Å². The maximum absolute atomic E-state index is 11.0. The number of quaternary nitrogens is 1. The lowest BCUT2D eigenvalue weighted by atomic mass is 10.2. The first-order valence-corrected chi connectivity index (χ1v) is 6.92. The first-order valence-electron chi connectivity index (χ1n) is 6.04. The molecule has 7 nitrogen and oxygen atoms in total. The lowest BCUT2D eigenvalue weighted by Gasteiger charge is -2.12. The van der Waals surface area contributed by atoms with Crippen LogP contribution in [-0.2, 0) is 0 Å². The Morgan fingerprint density at radius 3 is 3.10 bits per heavy atom. The number of thioether (sulfide) groups is 1. The minimum Gasteiger partial charge on any atom is -0.595 e. The van der Waals surface area contributed by atoms with Crippen molar-refractivity contribution in [2.45, 2.75) is 17.5 Å². The highest BCUT2D eigenvalue weighted by atomic mass is 32.2. The predicted molar refractivity (Wildman–Crippen MR) is 75.1 cm³/mol. The van der Waals surface area contributed by atoms with E-state index in [1.54, 1.807) is 34.6 Å². The standard InChI is InChI=1S/C12H13N5O2S/c1-2-4-10-15-16-11(13-14-12(16)20-10)8-5-3-6-9(7-8)17(18)19/h2-7,10,15,17-18H,1H3/t10-/m1/s1. The normalized spacial score (nSPS) is 19.1. The van der Waals surface area contributed by atoms with E-state index in [2.05, 4.69) is 15.6 Å². The Balaban J connectivity index is 1.96. The van der Waals surface area contributed by atoms with Crippen molar-refractivity contribution in [1.82, 2.24) is 14.9 Å². The van der Waals surface area contributed by atoms with E-state index >= 15 is 0 Å². The number of hydrogen-bond donors (Lipinski definition) is 3. The summed E-state index contributed by atoms with van der Waals surface area (Å²) < 4.78 is 1.79. The molecule has 1 aromatic carbocycles. The van der Waals surface area contributed by atoms with Crippen LogP contribution in [0.4, 0.5) is 5.69 Å². The minimum absolute atomic E-state index is 0.118. The van der Waals surface area contributed by atoms with Gasteiger partial charge in [0.15, 0.2) is 11.5 Å². The lowest BCUT2D eigenvalue weighted by Crippen LogP contribution is -2.99. The fourth-order valence-corrected chi connectivity index (χ4v) is 2.92. The van der Waals surface area contributed by atoms with Crippen LogP contribution in [0, 0.1) is 5.21 Å². The molecule has 2 aromatic rings. The third-order valence-electron chi connectivity index (χ3n) is 2.86. The molecule has 0 fully saturated rings. The van der Waals surface area contributed by atoms with E-state index in [0.29, 0.717) is 5.82 Å². The number of aromatic nitrogens is 3. The van der Waals surface area contributed by atoms with E-state index in [9.17, 15) is 5.21 Å². The molecule has 0 saturated carbocycles. The Morgan fingerprint density at radius 2 is 2.35 bits per heavy atom. The van der Waals surface area contributed by atoms with E-state index in [1.807, 2.05) is 25.1 Å². The van der Waals surface area contributed by atoms with Crippen molar-refractivity contribution >= 4 is 17.4 Å². The summed E-state index contributed by atoms with van der Waals surface area (Å²) in [5, 5.41) is 28.2. The molecule has 1 aliphatic heterocycles. The number of benzene rings is 1.